The molecule has 0 saturated carbocycles. The van der Waals surface area contributed by atoms with Crippen LogP contribution in [0.2, 0.25) is 10.0 Å². The molecule has 1 N–H and O–H groups in total. The molecule has 3 aromatic carbocycles. The van der Waals surface area contributed by atoms with Crippen molar-refractivity contribution in [1.29, 1.82) is 0 Å². The van der Waals surface area contributed by atoms with Crippen LogP contribution in [0.3, 0.4) is 0 Å². The van der Waals surface area contributed by atoms with E-state index in [1.165, 1.54) is 0 Å². The molecule has 0 aliphatic carbocycles. The first-order chi connectivity index (χ1) is 10.7. The van der Waals surface area contributed by atoms with Crippen LogP contribution in [0, 0.1) is 6.92 Å². The van der Waals surface area contributed by atoms with Gasteiger partial charge in [-0.2, -0.15) is 0 Å². The monoisotopic (exact) mass is 327 g/mol. The molecule has 0 aliphatic heterocycles. The number of nitrogens with one attached hydrogen (secondary N) is 1. The summed E-state index contributed by atoms with van der Waals surface area (Å²) in [5.41, 5.74) is 5.25. The van der Waals surface area contributed by atoms with Crippen LogP contribution in [0.1, 0.15) is 5.56 Å². The minimum Gasteiger partial charge on any atom is -0.355 e. The van der Waals surface area contributed by atoms with Gasteiger partial charge in [0.25, 0.3) is 0 Å². The molecular weight excluding hydrogens is 313 g/mol. The van der Waals surface area contributed by atoms with Crippen molar-refractivity contribution in [1.82, 2.24) is 0 Å². The predicted molar refractivity (Wildman–Crippen MR) is 96.4 cm³/mol. The van der Waals surface area contributed by atoms with E-state index in [2.05, 4.69) is 17.4 Å². The van der Waals surface area contributed by atoms with Crippen LogP contribution >= 0.6 is 23.2 Å². The van der Waals surface area contributed by atoms with Crippen molar-refractivity contribution in [3.63, 3.8) is 0 Å². The maximum absolute atomic E-state index is 6.29. The first-order valence-electron chi connectivity index (χ1n) is 7.03. The Morgan fingerprint density at radius 1 is 0.727 bits per heavy atom. The van der Waals surface area contributed by atoms with Gasteiger partial charge in [0, 0.05) is 16.9 Å². The number of para-hydroxylation sites is 2. The lowest BCUT2D eigenvalue weighted by molar-refractivity contribution is 1.45. The fraction of sp³-hybridized carbons (Fsp3) is 0.0526. The summed E-state index contributed by atoms with van der Waals surface area (Å²) in [5.74, 6) is 0. The third kappa shape index (κ3) is 2.96. The molecule has 0 fully saturated rings. The second-order valence-electron chi connectivity index (χ2n) is 5.07. The normalized spacial score (nSPS) is 10.5. The molecule has 0 saturated heterocycles. The van der Waals surface area contributed by atoms with E-state index >= 15 is 0 Å². The summed E-state index contributed by atoms with van der Waals surface area (Å²) in [6.45, 7) is 1.99. The molecule has 0 heterocycles. The van der Waals surface area contributed by atoms with Crippen molar-refractivity contribution in [2.45, 2.75) is 6.92 Å². The molecule has 0 aliphatic rings. The zero-order valence-corrected chi connectivity index (χ0v) is 13.6. The third-order valence-electron chi connectivity index (χ3n) is 3.61. The molecule has 0 aromatic heterocycles. The smallest absolute Gasteiger partial charge is 0.0627 e. The predicted octanol–water partition coefficient (Wildman–Crippen LogP) is 6.71. The van der Waals surface area contributed by atoms with E-state index in [1.54, 1.807) is 0 Å². The van der Waals surface area contributed by atoms with Gasteiger partial charge in [0.2, 0.25) is 0 Å². The topological polar surface area (TPSA) is 12.0 Å². The molecule has 0 spiro atoms. The molecule has 0 radical (unpaired) electrons. The molecule has 3 aromatic rings. The van der Waals surface area contributed by atoms with E-state index in [0.29, 0.717) is 10.0 Å². The highest BCUT2D eigenvalue weighted by Gasteiger charge is 2.11. The first kappa shape index (κ1) is 15.0. The molecule has 110 valence electrons. The Bertz CT molecular complexity index is 798. The molecule has 0 atom stereocenters. The fourth-order valence-electron chi connectivity index (χ4n) is 2.45. The van der Waals surface area contributed by atoms with E-state index in [9.17, 15) is 0 Å². The Kier molecular flexibility index (Phi) is 4.37. The zero-order valence-electron chi connectivity index (χ0n) is 12.1. The Balaban J connectivity index is 2.07. The van der Waals surface area contributed by atoms with Crippen molar-refractivity contribution in [3.05, 3.63) is 82.3 Å². The Labute approximate surface area is 140 Å². The number of benzene rings is 3. The number of halogens is 2. The highest BCUT2D eigenvalue weighted by atomic mass is 35.5. The van der Waals surface area contributed by atoms with Crippen molar-refractivity contribution < 1.29 is 0 Å². The van der Waals surface area contributed by atoms with Crippen molar-refractivity contribution >= 4 is 34.6 Å². The quantitative estimate of drug-likeness (QED) is 0.563. The highest BCUT2D eigenvalue weighted by Crippen LogP contribution is 2.37. The molecular formula is C19H15Cl2N. The standard InChI is InChI=1S/C19H15Cl2N/c1-13-15(11-12-17(20)19(13)21)16-9-5-6-10-18(16)22-14-7-3-2-4-8-14/h2-12,22H,1H3. The lowest BCUT2D eigenvalue weighted by atomic mass is 9.98. The Hall–Kier alpha value is -1.96. The van der Waals surface area contributed by atoms with Crippen LogP contribution < -0.4 is 5.32 Å². The number of hydrogen-bond acceptors (Lipinski definition) is 1. The van der Waals surface area contributed by atoms with Crippen LogP contribution in [0.4, 0.5) is 11.4 Å². The lowest BCUT2D eigenvalue weighted by Gasteiger charge is -2.15. The number of rotatable bonds is 3. The van der Waals surface area contributed by atoms with Gasteiger partial charge in [-0.3, -0.25) is 0 Å². The van der Waals surface area contributed by atoms with Gasteiger partial charge >= 0.3 is 0 Å². The van der Waals surface area contributed by atoms with Crippen LogP contribution in [-0.2, 0) is 0 Å². The number of anilines is 2. The summed E-state index contributed by atoms with van der Waals surface area (Å²) in [4.78, 5) is 0. The van der Waals surface area contributed by atoms with Crippen LogP contribution in [-0.4, -0.2) is 0 Å². The average molecular weight is 328 g/mol. The van der Waals surface area contributed by atoms with Gasteiger partial charge in [-0.15, -0.1) is 0 Å². The van der Waals surface area contributed by atoms with E-state index in [4.69, 9.17) is 23.2 Å². The molecule has 0 bridgehead atoms. The summed E-state index contributed by atoms with van der Waals surface area (Å²) in [6, 6.07) is 22.1. The zero-order chi connectivity index (χ0) is 15.5. The molecule has 22 heavy (non-hydrogen) atoms. The van der Waals surface area contributed by atoms with Crippen LogP contribution in [0.25, 0.3) is 11.1 Å². The third-order valence-corrected chi connectivity index (χ3v) is 4.51. The van der Waals surface area contributed by atoms with E-state index in [1.807, 2.05) is 61.5 Å². The summed E-state index contributed by atoms with van der Waals surface area (Å²) in [7, 11) is 0. The summed E-state index contributed by atoms with van der Waals surface area (Å²) in [5, 5.41) is 4.64. The fourth-order valence-corrected chi connectivity index (χ4v) is 2.82. The van der Waals surface area contributed by atoms with Gasteiger partial charge < -0.3 is 5.32 Å². The Morgan fingerprint density at radius 2 is 1.41 bits per heavy atom. The van der Waals surface area contributed by atoms with Gasteiger partial charge in [-0.1, -0.05) is 65.7 Å². The van der Waals surface area contributed by atoms with E-state index in [0.717, 1.165) is 28.1 Å². The molecule has 1 nitrogen and oxygen atoms in total. The lowest BCUT2D eigenvalue weighted by Crippen LogP contribution is -1.94. The molecule has 3 rings (SSSR count). The van der Waals surface area contributed by atoms with Gasteiger partial charge in [0.15, 0.2) is 0 Å². The largest absolute Gasteiger partial charge is 0.355 e. The second kappa shape index (κ2) is 6.43. The van der Waals surface area contributed by atoms with Crippen LogP contribution in [0.15, 0.2) is 66.7 Å². The SMILES string of the molecule is Cc1c(-c2ccccc2Nc2ccccc2)ccc(Cl)c1Cl. The first-order valence-corrected chi connectivity index (χ1v) is 7.78. The molecule has 3 heteroatoms. The summed E-state index contributed by atoms with van der Waals surface area (Å²) >= 11 is 12.4. The second-order valence-corrected chi connectivity index (χ2v) is 5.86. The summed E-state index contributed by atoms with van der Waals surface area (Å²) < 4.78 is 0. The van der Waals surface area contributed by atoms with Gasteiger partial charge in [-0.25, -0.2) is 0 Å². The Morgan fingerprint density at radius 3 is 2.18 bits per heavy atom. The van der Waals surface area contributed by atoms with E-state index in [-0.39, 0.29) is 0 Å². The maximum atomic E-state index is 6.29. The van der Waals surface area contributed by atoms with Gasteiger partial charge in [-0.05, 0) is 42.3 Å². The number of hydrogen-bond donors (Lipinski definition) is 1. The molecule has 0 amide bonds. The minimum absolute atomic E-state index is 0.580. The summed E-state index contributed by atoms with van der Waals surface area (Å²) in [6.07, 6.45) is 0. The van der Waals surface area contributed by atoms with Crippen molar-refractivity contribution in [2.24, 2.45) is 0 Å². The average Bonchev–Trinajstić information content (AvgIpc) is 2.55. The van der Waals surface area contributed by atoms with Crippen molar-refractivity contribution in [3.8, 4) is 11.1 Å². The van der Waals surface area contributed by atoms with Crippen LogP contribution in [0.5, 0.6) is 0 Å². The van der Waals surface area contributed by atoms with Gasteiger partial charge in [0.05, 0.1) is 10.0 Å². The highest BCUT2D eigenvalue weighted by molar-refractivity contribution is 6.42. The maximum Gasteiger partial charge on any atom is 0.0627 e. The molecule has 0 unspecified atom stereocenters. The van der Waals surface area contributed by atoms with Crippen molar-refractivity contribution in [2.75, 3.05) is 5.32 Å². The minimum atomic E-state index is 0.580. The van der Waals surface area contributed by atoms with Gasteiger partial charge in [0.1, 0.15) is 0 Å². The van der Waals surface area contributed by atoms with E-state index < -0.39 is 0 Å².